The van der Waals surface area contributed by atoms with E-state index in [-0.39, 0.29) is 11.7 Å². The zero-order valence-electron chi connectivity index (χ0n) is 10.7. The van der Waals surface area contributed by atoms with E-state index in [0.717, 1.165) is 18.7 Å². The first-order valence-electron chi connectivity index (χ1n) is 6.00. The van der Waals surface area contributed by atoms with Crippen molar-refractivity contribution in [2.24, 2.45) is 0 Å². The molecule has 0 radical (unpaired) electrons. The molecule has 1 aromatic rings. The summed E-state index contributed by atoms with van der Waals surface area (Å²) in [4.78, 5) is 11.9. The third-order valence-corrected chi connectivity index (χ3v) is 2.77. The van der Waals surface area contributed by atoms with Crippen molar-refractivity contribution in [2.45, 2.75) is 27.2 Å². The molecular weight excluding hydrogens is 216 g/mol. The molecule has 0 spiro atoms. The number of aryl methyl sites for hydroxylation is 1. The molecule has 0 aromatic heterocycles. The summed E-state index contributed by atoms with van der Waals surface area (Å²) in [5.41, 5.74) is 3.88. The van der Waals surface area contributed by atoms with Gasteiger partial charge in [-0.25, -0.2) is 5.01 Å². The Morgan fingerprint density at radius 2 is 1.94 bits per heavy atom. The minimum atomic E-state index is -0.262. The molecule has 1 amide bonds. The lowest BCUT2D eigenvalue weighted by Crippen LogP contribution is -2.41. The van der Waals surface area contributed by atoms with E-state index in [2.05, 4.69) is 5.43 Å². The van der Waals surface area contributed by atoms with E-state index in [0.29, 0.717) is 12.0 Å². The molecule has 94 valence electrons. The highest BCUT2D eigenvalue weighted by Gasteiger charge is 2.14. The highest BCUT2D eigenvalue weighted by Crippen LogP contribution is 2.22. The third kappa shape index (κ3) is 3.20. The van der Waals surface area contributed by atoms with E-state index in [4.69, 9.17) is 0 Å². The van der Waals surface area contributed by atoms with Gasteiger partial charge < -0.3 is 5.11 Å². The number of rotatable bonds is 5. The molecule has 1 aromatic carbocycles. The van der Waals surface area contributed by atoms with Crippen molar-refractivity contribution in [3.63, 3.8) is 0 Å². The van der Waals surface area contributed by atoms with Crippen LogP contribution in [0.25, 0.3) is 0 Å². The van der Waals surface area contributed by atoms with Crippen LogP contribution in [-0.2, 0) is 6.42 Å². The van der Waals surface area contributed by atoms with Crippen molar-refractivity contribution < 1.29 is 9.90 Å². The number of nitrogens with zero attached hydrogens (tertiary/aromatic N) is 1. The molecule has 0 fully saturated rings. The number of carbonyl (C=O) groups is 1. The standard InChI is InChI=1S/C13H20N2O2/c1-4-10-8-7-9-11(12(10)16)13(17)14-15(5-2)6-3/h7-9,16H,4-6H2,1-3H3,(H,14,17). The van der Waals surface area contributed by atoms with Gasteiger partial charge in [-0.1, -0.05) is 32.9 Å². The number of para-hydroxylation sites is 1. The second-order valence-electron chi connectivity index (χ2n) is 3.78. The zero-order valence-corrected chi connectivity index (χ0v) is 10.7. The minimum Gasteiger partial charge on any atom is -0.507 e. The number of amides is 1. The average Bonchev–Trinajstić information content (AvgIpc) is 2.35. The molecule has 0 aliphatic carbocycles. The van der Waals surface area contributed by atoms with E-state index in [9.17, 15) is 9.90 Å². The maximum Gasteiger partial charge on any atom is 0.269 e. The molecule has 0 aliphatic heterocycles. The second kappa shape index (κ2) is 6.25. The molecule has 0 atom stereocenters. The van der Waals surface area contributed by atoms with Crippen LogP contribution in [0.2, 0.25) is 0 Å². The number of aromatic hydroxyl groups is 1. The smallest absolute Gasteiger partial charge is 0.269 e. The Kier molecular flexibility index (Phi) is 4.97. The lowest BCUT2D eigenvalue weighted by molar-refractivity contribution is 0.0802. The summed E-state index contributed by atoms with van der Waals surface area (Å²) < 4.78 is 0. The van der Waals surface area contributed by atoms with Crippen LogP contribution in [0, 0.1) is 0 Å². The summed E-state index contributed by atoms with van der Waals surface area (Å²) in [7, 11) is 0. The Morgan fingerprint density at radius 1 is 1.29 bits per heavy atom. The number of nitrogens with one attached hydrogen (secondary N) is 1. The van der Waals surface area contributed by atoms with Gasteiger partial charge in [-0.05, 0) is 18.1 Å². The number of hydrogen-bond donors (Lipinski definition) is 2. The Morgan fingerprint density at radius 3 is 2.47 bits per heavy atom. The van der Waals surface area contributed by atoms with E-state index in [1.165, 1.54) is 0 Å². The SMILES string of the molecule is CCc1cccc(C(=O)NN(CC)CC)c1O. The quantitative estimate of drug-likeness (QED) is 0.768. The van der Waals surface area contributed by atoms with Crippen molar-refractivity contribution in [1.82, 2.24) is 10.4 Å². The first kappa shape index (κ1) is 13.5. The molecule has 0 heterocycles. The summed E-state index contributed by atoms with van der Waals surface area (Å²) >= 11 is 0. The zero-order chi connectivity index (χ0) is 12.8. The van der Waals surface area contributed by atoms with Gasteiger partial charge in [-0.3, -0.25) is 10.2 Å². The Bertz CT molecular complexity index is 387. The number of phenolic OH excluding ortho intramolecular Hbond substituents is 1. The van der Waals surface area contributed by atoms with Crippen molar-refractivity contribution in [2.75, 3.05) is 13.1 Å². The predicted molar refractivity (Wildman–Crippen MR) is 67.9 cm³/mol. The van der Waals surface area contributed by atoms with E-state index in [1.807, 2.05) is 26.8 Å². The fourth-order valence-electron chi connectivity index (χ4n) is 1.65. The van der Waals surface area contributed by atoms with Gasteiger partial charge in [0.05, 0.1) is 5.56 Å². The Balaban J connectivity index is 2.89. The maximum atomic E-state index is 11.9. The first-order chi connectivity index (χ1) is 8.13. The third-order valence-electron chi connectivity index (χ3n) is 2.77. The number of carbonyl (C=O) groups excluding carboxylic acids is 1. The van der Waals surface area contributed by atoms with Gasteiger partial charge in [-0.15, -0.1) is 0 Å². The van der Waals surface area contributed by atoms with Gasteiger partial charge >= 0.3 is 0 Å². The lowest BCUT2D eigenvalue weighted by atomic mass is 10.1. The van der Waals surface area contributed by atoms with Crippen LogP contribution in [0.5, 0.6) is 5.75 Å². The number of phenols is 1. The van der Waals surface area contributed by atoms with Crippen molar-refractivity contribution >= 4 is 5.91 Å². The second-order valence-corrected chi connectivity index (χ2v) is 3.78. The van der Waals surface area contributed by atoms with Gasteiger partial charge in [0.1, 0.15) is 5.75 Å². The fraction of sp³-hybridized carbons (Fsp3) is 0.462. The van der Waals surface area contributed by atoms with Gasteiger partial charge in [-0.2, -0.15) is 0 Å². The molecule has 4 nitrogen and oxygen atoms in total. The topological polar surface area (TPSA) is 52.6 Å². The summed E-state index contributed by atoms with van der Waals surface area (Å²) in [6, 6.07) is 5.24. The Labute approximate surface area is 102 Å². The lowest BCUT2D eigenvalue weighted by Gasteiger charge is -2.19. The first-order valence-corrected chi connectivity index (χ1v) is 6.00. The molecule has 0 saturated carbocycles. The number of hydrogen-bond acceptors (Lipinski definition) is 3. The number of benzene rings is 1. The van der Waals surface area contributed by atoms with Gasteiger partial charge in [0.25, 0.3) is 5.91 Å². The Hall–Kier alpha value is -1.55. The van der Waals surface area contributed by atoms with Gasteiger partial charge in [0.2, 0.25) is 0 Å². The molecule has 17 heavy (non-hydrogen) atoms. The molecule has 2 N–H and O–H groups in total. The van der Waals surface area contributed by atoms with Crippen LogP contribution >= 0.6 is 0 Å². The molecule has 4 heteroatoms. The normalized spacial score (nSPS) is 10.6. The van der Waals surface area contributed by atoms with Crippen LogP contribution < -0.4 is 5.43 Å². The van der Waals surface area contributed by atoms with Gasteiger partial charge in [0.15, 0.2) is 0 Å². The highest BCUT2D eigenvalue weighted by molar-refractivity contribution is 5.96. The molecule has 1 rings (SSSR count). The van der Waals surface area contributed by atoms with Crippen LogP contribution in [0.4, 0.5) is 0 Å². The van der Waals surface area contributed by atoms with E-state index in [1.54, 1.807) is 17.1 Å². The van der Waals surface area contributed by atoms with Crippen LogP contribution in [-0.4, -0.2) is 29.1 Å². The van der Waals surface area contributed by atoms with Crippen molar-refractivity contribution in [1.29, 1.82) is 0 Å². The van der Waals surface area contributed by atoms with Crippen LogP contribution in [0.3, 0.4) is 0 Å². The van der Waals surface area contributed by atoms with E-state index >= 15 is 0 Å². The maximum absolute atomic E-state index is 11.9. The fourth-order valence-corrected chi connectivity index (χ4v) is 1.65. The highest BCUT2D eigenvalue weighted by atomic mass is 16.3. The summed E-state index contributed by atoms with van der Waals surface area (Å²) in [6.45, 7) is 7.34. The minimum absolute atomic E-state index is 0.0830. The van der Waals surface area contributed by atoms with Crippen LogP contribution in [0.1, 0.15) is 36.7 Å². The molecule has 0 unspecified atom stereocenters. The van der Waals surface area contributed by atoms with Gasteiger partial charge in [0, 0.05) is 13.1 Å². The van der Waals surface area contributed by atoms with Crippen LogP contribution in [0.15, 0.2) is 18.2 Å². The summed E-state index contributed by atoms with van der Waals surface area (Å²) in [5.74, 6) is -0.179. The molecule has 0 saturated heterocycles. The summed E-state index contributed by atoms with van der Waals surface area (Å²) in [6.07, 6.45) is 0.707. The number of hydrazine groups is 1. The monoisotopic (exact) mass is 236 g/mol. The van der Waals surface area contributed by atoms with E-state index < -0.39 is 0 Å². The molecule has 0 aliphatic rings. The largest absolute Gasteiger partial charge is 0.507 e. The summed E-state index contributed by atoms with van der Waals surface area (Å²) in [5, 5.41) is 11.7. The molecular formula is C13H20N2O2. The van der Waals surface area contributed by atoms with Crippen molar-refractivity contribution in [3.05, 3.63) is 29.3 Å². The predicted octanol–water partition coefficient (Wildman–Crippen LogP) is 1.94. The average molecular weight is 236 g/mol. The van der Waals surface area contributed by atoms with Crippen molar-refractivity contribution in [3.8, 4) is 5.75 Å². The molecule has 0 bridgehead atoms.